The highest BCUT2D eigenvalue weighted by Crippen LogP contribution is 2.62. The lowest BCUT2D eigenvalue weighted by atomic mass is 9.33. The standard InChI is InChI=1S/C67H49BN2/c1-5-38-28-29-60-49(30-38)50-32-40(7-3)35-58-63(50)69(60)65-53(46-25-17-23-44-43(22-16-24-45(44)46)42-18-10-9-11-19-42)37-57-66-61(65)68(58)59-36-41(8-4)33-52-51-31-39(6-2)34-56(62(51)70(66)64(52)59)67(57)54-26-14-12-20-47(54)48-21-13-15-27-55(48)67/h9-37H,5-8H2,1-4H3. The molecule has 5 heterocycles. The fourth-order valence-electron chi connectivity index (χ4n) is 14.5. The highest BCUT2D eigenvalue weighted by atomic mass is 15.1. The van der Waals surface area contributed by atoms with E-state index in [9.17, 15) is 0 Å². The zero-order valence-corrected chi connectivity index (χ0v) is 40.0. The second kappa shape index (κ2) is 13.7. The van der Waals surface area contributed by atoms with E-state index in [-0.39, 0.29) is 6.71 Å². The molecule has 1 aliphatic carbocycles. The number of rotatable bonds is 6. The zero-order valence-electron chi connectivity index (χ0n) is 40.0. The third-order valence-electron chi connectivity index (χ3n) is 17.5. The lowest BCUT2D eigenvalue weighted by Gasteiger charge is -2.45. The molecule has 10 aromatic carbocycles. The maximum atomic E-state index is 2.79. The maximum Gasteiger partial charge on any atom is 0.252 e. The number of benzene rings is 10. The minimum Gasteiger partial charge on any atom is -0.310 e. The second-order valence-electron chi connectivity index (χ2n) is 20.6. The molecular formula is C67H49BN2. The summed E-state index contributed by atoms with van der Waals surface area (Å²) in [5, 5.41) is 8.05. The van der Waals surface area contributed by atoms with Crippen molar-refractivity contribution < 1.29 is 0 Å². The summed E-state index contributed by atoms with van der Waals surface area (Å²) >= 11 is 0. The van der Waals surface area contributed by atoms with Crippen LogP contribution in [0, 0.1) is 0 Å². The summed E-state index contributed by atoms with van der Waals surface area (Å²) in [5.41, 5.74) is 30.7. The Hall–Kier alpha value is -7.88. The van der Waals surface area contributed by atoms with Gasteiger partial charge in [-0.05, 0) is 162 Å². The molecule has 16 rings (SSSR count). The Bertz CT molecular complexity index is 4310. The molecule has 0 amide bonds. The van der Waals surface area contributed by atoms with Crippen LogP contribution in [0.5, 0.6) is 0 Å². The molecule has 330 valence electrons. The molecule has 2 aromatic heterocycles. The van der Waals surface area contributed by atoms with Crippen molar-refractivity contribution in [1.29, 1.82) is 0 Å². The third-order valence-corrected chi connectivity index (χ3v) is 17.5. The summed E-state index contributed by atoms with van der Waals surface area (Å²) in [5.74, 6) is 0. The Labute approximate surface area is 408 Å². The van der Waals surface area contributed by atoms with Crippen LogP contribution < -0.4 is 16.4 Å². The number of aromatic nitrogens is 2. The van der Waals surface area contributed by atoms with E-state index in [1.54, 1.807) is 0 Å². The van der Waals surface area contributed by atoms with Gasteiger partial charge < -0.3 is 9.13 Å². The molecule has 4 aliphatic rings. The smallest absolute Gasteiger partial charge is 0.252 e. The van der Waals surface area contributed by atoms with Gasteiger partial charge in [0.15, 0.2) is 0 Å². The Morgan fingerprint density at radius 1 is 0.357 bits per heavy atom. The molecule has 0 fully saturated rings. The van der Waals surface area contributed by atoms with Gasteiger partial charge in [0.25, 0.3) is 6.71 Å². The molecular weight excluding hydrogens is 844 g/mol. The van der Waals surface area contributed by atoms with E-state index in [1.807, 2.05) is 0 Å². The van der Waals surface area contributed by atoms with Crippen molar-refractivity contribution in [2.45, 2.75) is 58.8 Å². The van der Waals surface area contributed by atoms with Crippen LogP contribution in [0.3, 0.4) is 0 Å². The highest BCUT2D eigenvalue weighted by molar-refractivity contribution is 7.00. The summed E-state index contributed by atoms with van der Waals surface area (Å²) in [6.45, 7) is 9.33. The number of fused-ring (bicyclic) bond motifs is 15. The molecule has 0 radical (unpaired) electrons. The first kappa shape index (κ1) is 39.0. The van der Waals surface area contributed by atoms with Gasteiger partial charge in [0.1, 0.15) is 0 Å². The van der Waals surface area contributed by atoms with Crippen molar-refractivity contribution in [3.05, 3.63) is 220 Å². The van der Waals surface area contributed by atoms with Crippen molar-refractivity contribution >= 4 is 77.5 Å². The van der Waals surface area contributed by atoms with Crippen LogP contribution in [0.1, 0.15) is 72.2 Å². The van der Waals surface area contributed by atoms with Gasteiger partial charge in [-0.2, -0.15) is 0 Å². The van der Waals surface area contributed by atoms with E-state index in [4.69, 9.17) is 0 Å². The summed E-state index contributed by atoms with van der Waals surface area (Å²) < 4.78 is 5.53. The second-order valence-corrected chi connectivity index (χ2v) is 20.6. The molecule has 3 heteroatoms. The molecule has 0 unspecified atom stereocenters. The SMILES string of the molecule is CCc1ccc2c(c1)c1cc(CC)cc3c1n2-c1c(-c2cccc4c(-c5ccccc5)cccc24)cc2c4c1B3c1cc(CC)cc3c5cc(CC)cc(c5n-4c13)C21c2ccccc2-c2ccccc21. The van der Waals surface area contributed by atoms with Gasteiger partial charge in [0.2, 0.25) is 0 Å². The van der Waals surface area contributed by atoms with Crippen LogP contribution in [0.4, 0.5) is 0 Å². The third kappa shape index (κ3) is 4.54. The summed E-state index contributed by atoms with van der Waals surface area (Å²) in [6.07, 6.45) is 3.91. The Morgan fingerprint density at radius 2 is 0.900 bits per heavy atom. The first-order chi connectivity index (χ1) is 34.5. The fraction of sp³-hybridized carbons (Fsp3) is 0.134. The quantitative estimate of drug-likeness (QED) is 0.147. The molecule has 70 heavy (non-hydrogen) atoms. The normalized spacial score (nSPS) is 14.0. The molecule has 2 nitrogen and oxygen atoms in total. The van der Waals surface area contributed by atoms with E-state index < -0.39 is 5.41 Å². The van der Waals surface area contributed by atoms with E-state index in [0.717, 1.165) is 25.7 Å². The summed E-state index contributed by atoms with van der Waals surface area (Å²) in [6, 6.07) is 69.3. The molecule has 0 saturated heterocycles. The predicted molar refractivity (Wildman–Crippen MR) is 297 cm³/mol. The van der Waals surface area contributed by atoms with Crippen LogP contribution in [0.15, 0.2) is 176 Å². The molecule has 0 saturated carbocycles. The summed E-state index contributed by atoms with van der Waals surface area (Å²) in [7, 11) is 0. The zero-order chi connectivity index (χ0) is 46.3. The van der Waals surface area contributed by atoms with Crippen LogP contribution in [-0.4, -0.2) is 15.8 Å². The number of hydrogen-bond acceptors (Lipinski definition) is 0. The number of aryl methyl sites for hydroxylation is 4. The minimum absolute atomic E-state index is 0.0111. The van der Waals surface area contributed by atoms with Gasteiger partial charge in [0.05, 0.1) is 22.1 Å². The molecule has 3 aliphatic heterocycles. The highest BCUT2D eigenvalue weighted by Gasteiger charge is 2.55. The average molecular weight is 893 g/mol. The predicted octanol–water partition coefficient (Wildman–Crippen LogP) is 14.4. The van der Waals surface area contributed by atoms with Gasteiger partial charge in [-0.1, -0.05) is 167 Å². The van der Waals surface area contributed by atoms with E-state index in [0.29, 0.717) is 0 Å². The maximum absolute atomic E-state index is 2.79. The Balaban J connectivity index is 1.20. The Kier molecular flexibility index (Phi) is 7.62. The molecule has 12 aromatic rings. The number of hydrogen-bond donors (Lipinski definition) is 0. The van der Waals surface area contributed by atoms with Crippen LogP contribution >= 0.6 is 0 Å². The molecule has 1 spiro atoms. The van der Waals surface area contributed by atoms with Crippen molar-refractivity contribution in [2.24, 2.45) is 0 Å². The topological polar surface area (TPSA) is 9.86 Å². The molecule has 0 atom stereocenters. The van der Waals surface area contributed by atoms with Gasteiger partial charge >= 0.3 is 0 Å². The van der Waals surface area contributed by atoms with Crippen LogP contribution in [0.25, 0.3) is 99.1 Å². The monoisotopic (exact) mass is 892 g/mol. The van der Waals surface area contributed by atoms with Gasteiger partial charge in [-0.15, -0.1) is 0 Å². The average Bonchev–Trinajstić information content (AvgIpc) is 4.04. The van der Waals surface area contributed by atoms with Gasteiger partial charge in [-0.3, -0.25) is 0 Å². The van der Waals surface area contributed by atoms with Crippen molar-refractivity contribution in [1.82, 2.24) is 9.13 Å². The minimum atomic E-state index is -0.578. The first-order valence-corrected chi connectivity index (χ1v) is 25.8. The van der Waals surface area contributed by atoms with E-state index >= 15 is 0 Å². The fourth-order valence-corrected chi connectivity index (χ4v) is 14.5. The van der Waals surface area contributed by atoms with Crippen LogP contribution in [0.2, 0.25) is 0 Å². The van der Waals surface area contributed by atoms with Crippen molar-refractivity contribution in [3.63, 3.8) is 0 Å². The van der Waals surface area contributed by atoms with Crippen LogP contribution in [-0.2, 0) is 31.1 Å². The molecule has 0 N–H and O–H groups in total. The lowest BCUT2D eigenvalue weighted by Crippen LogP contribution is -2.60. The lowest BCUT2D eigenvalue weighted by molar-refractivity contribution is 0.748. The molecule has 0 bridgehead atoms. The van der Waals surface area contributed by atoms with Gasteiger partial charge in [0, 0.05) is 43.8 Å². The van der Waals surface area contributed by atoms with Crippen molar-refractivity contribution in [2.75, 3.05) is 0 Å². The number of nitrogens with zero attached hydrogens (tertiary/aromatic N) is 2. The van der Waals surface area contributed by atoms with Gasteiger partial charge in [-0.25, -0.2) is 0 Å². The Morgan fingerprint density at radius 3 is 1.57 bits per heavy atom. The first-order valence-electron chi connectivity index (χ1n) is 25.8. The van der Waals surface area contributed by atoms with E-state index in [2.05, 4.69) is 213 Å². The van der Waals surface area contributed by atoms with E-state index in [1.165, 1.54) is 160 Å². The largest absolute Gasteiger partial charge is 0.310 e. The summed E-state index contributed by atoms with van der Waals surface area (Å²) in [4.78, 5) is 0. The van der Waals surface area contributed by atoms with Crippen molar-refractivity contribution in [3.8, 4) is 44.8 Å².